The molecular weight excluding hydrogens is 769 g/mol. The van der Waals surface area contributed by atoms with Gasteiger partial charge in [-0.2, -0.15) is 4.98 Å². The molecule has 0 spiro atoms. The van der Waals surface area contributed by atoms with Gasteiger partial charge in [0.15, 0.2) is 0 Å². The minimum absolute atomic E-state index is 0.493. The molecule has 0 bridgehead atoms. The van der Waals surface area contributed by atoms with Gasteiger partial charge in [-0.05, 0) is 117 Å². The maximum Gasteiger partial charge on any atom is 0.258 e. The van der Waals surface area contributed by atoms with Gasteiger partial charge < -0.3 is 13.7 Å². The van der Waals surface area contributed by atoms with Crippen molar-refractivity contribution in [2.24, 2.45) is 0 Å². The van der Waals surface area contributed by atoms with Crippen LogP contribution in [0.15, 0.2) is 223 Å². The highest BCUT2D eigenvalue weighted by atomic mass is 16.5. The highest BCUT2D eigenvalue weighted by Gasteiger charge is 2.19. The maximum absolute atomic E-state index is 5.71. The van der Waals surface area contributed by atoms with Crippen LogP contribution in [0, 0.1) is 0 Å². The summed E-state index contributed by atoms with van der Waals surface area (Å²) in [6.45, 7) is 0. The molecule has 5 nitrogen and oxygen atoms in total. The Labute approximate surface area is 362 Å². The topological polar surface area (TPSA) is 48.8 Å². The standard InChI is InChI=1S/C58H36N4O/c1-2-14-39(15-3-1)57-59-58(63-60-57)40-24-28-43(29-25-40)61-53-23-9-8-20-49(53)52-36-44(30-33-56(52)61)62-54-31-26-41(47-21-10-16-37-12-4-6-18-45(37)47)34-50(54)51-35-42(27-32-55(51)62)48-22-11-17-38-13-5-7-19-46(38)48/h1-36H. The molecule has 294 valence electrons. The smallest absolute Gasteiger partial charge is 0.258 e. The van der Waals surface area contributed by atoms with Crippen molar-refractivity contribution in [1.29, 1.82) is 0 Å². The van der Waals surface area contributed by atoms with Gasteiger partial charge in [0.1, 0.15) is 0 Å². The van der Waals surface area contributed by atoms with E-state index in [1.54, 1.807) is 0 Å². The molecule has 13 aromatic rings. The SMILES string of the molecule is c1ccc(-c2noc(-c3ccc(-n4c5ccccc5c5cc(-n6c7ccc(-c8cccc9ccccc89)cc7c7cc(-c8cccc9ccccc89)ccc76)ccc54)cc3)n2)cc1. The molecule has 0 radical (unpaired) electrons. The van der Waals surface area contributed by atoms with E-state index in [0.29, 0.717) is 11.7 Å². The highest BCUT2D eigenvalue weighted by Crippen LogP contribution is 2.41. The van der Waals surface area contributed by atoms with E-state index in [1.807, 2.05) is 30.3 Å². The lowest BCUT2D eigenvalue weighted by Gasteiger charge is -2.11. The molecule has 0 unspecified atom stereocenters. The Morgan fingerprint density at radius 1 is 0.317 bits per heavy atom. The number of hydrogen-bond donors (Lipinski definition) is 0. The van der Waals surface area contributed by atoms with E-state index in [2.05, 4.69) is 202 Å². The van der Waals surface area contributed by atoms with Crippen molar-refractivity contribution >= 4 is 65.2 Å². The Bertz CT molecular complexity index is 3760. The monoisotopic (exact) mass is 804 g/mol. The Hall–Kier alpha value is -8.54. The Kier molecular flexibility index (Phi) is 7.84. The van der Waals surface area contributed by atoms with Crippen molar-refractivity contribution in [2.45, 2.75) is 0 Å². The molecule has 0 N–H and O–H groups in total. The van der Waals surface area contributed by atoms with Crippen molar-refractivity contribution in [3.05, 3.63) is 218 Å². The van der Waals surface area contributed by atoms with Gasteiger partial charge in [0, 0.05) is 44.0 Å². The summed E-state index contributed by atoms with van der Waals surface area (Å²) in [5, 5.41) is 14.1. The summed E-state index contributed by atoms with van der Waals surface area (Å²) in [5.74, 6) is 1.07. The fourth-order valence-electron chi connectivity index (χ4n) is 9.77. The zero-order valence-electron chi connectivity index (χ0n) is 34.0. The number of para-hydroxylation sites is 1. The van der Waals surface area contributed by atoms with Crippen molar-refractivity contribution in [3.8, 4) is 56.5 Å². The molecule has 10 aromatic carbocycles. The fraction of sp³-hybridized carbons (Fsp3) is 0. The van der Waals surface area contributed by atoms with E-state index in [4.69, 9.17) is 9.51 Å². The molecule has 0 saturated carbocycles. The molecule has 5 heteroatoms. The van der Waals surface area contributed by atoms with Gasteiger partial charge in [0.2, 0.25) is 5.82 Å². The first kappa shape index (κ1) is 35.2. The van der Waals surface area contributed by atoms with E-state index >= 15 is 0 Å². The molecule has 0 aliphatic carbocycles. The Morgan fingerprint density at radius 3 is 1.44 bits per heavy atom. The first-order valence-electron chi connectivity index (χ1n) is 21.3. The number of fused-ring (bicyclic) bond motifs is 8. The van der Waals surface area contributed by atoms with Crippen LogP contribution in [0.2, 0.25) is 0 Å². The summed E-state index contributed by atoms with van der Waals surface area (Å²) in [4.78, 5) is 4.70. The lowest BCUT2D eigenvalue weighted by molar-refractivity contribution is 0.432. The average Bonchev–Trinajstić information content (AvgIpc) is 4.07. The van der Waals surface area contributed by atoms with Crippen LogP contribution in [0.3, 0.4) is 0 Å². The normalized spacial score (nSPS) is 11.8. The van der Waals surface area contributed by atoms with Crippen LogP contribution in [0.4, 0.5) is 0 Å². The summed E-state index contributed by atoms with van der Waals surface area (Å²) >= 11 is 0. The Morgan fingerprint density at radius 2 is 0.794 bits per heavy atom. The van der Waals surface area contributed by atoms with Crippen molar-refractivity contribution < 1.29 is 4.52 Å². The molecule has 0 fully saturated rings. The number of benzene rings is 10. The van der Waals surface area contributed by atoms with Crippen LogP contribution < -0.4 is 0 Å². The fourth-order valence-corrected chi connectivity index (χ4v) is 9.77. The third-order valence-electron chi connectivity index (χ3n) is 12.7. The summed E-state index contributed by atoms with van der Waals surface area (Å²) < 4.78 is 10.5. The van der Waals surface area contributed by atoms with Gasteiger partial charge in [0.05, 0.1) is 22.1 Å². The van der Waals surface area contributed by atoms with Crippen LogP contribution in [0.5, 0.6) is 0 Å². The highest BCUT2D eigenvalue weighted by molar-refractivity contribution is 6.14. The van der Waals surface area contributed by atoms with Crippen molar-refractivity contribution in [2.75, 3.05) is 0 Å². The average molecular weight is 805 g/mol. The molecule has 13 rings (SSSR count). The second-order valence-electron chi connectivity index (χ2n) is 16.2. The second-order valence-corrected chi connectivity index (χ2v) is 16.2. The number of hydrogen-bond acceptors (Lipinski definition) is 3. The van der Waals surface area contributed by atoms with Crippen LogP contribution in [0.25, 0.3) is 122 Å². The minimum Gasteiger partial charge on any atom is -0.334 e. The van der Waals surface area contributed by atoms with Gasteiger partial charge in [-0.1, -0.05) is 151 Å². The van der Waals surface area contributed by atoms with E-state index < -0.39 is 0 Å². The van der Waals surface area contributed by atoms with Crippen LogP contribution in [-0.2, 0) is 0 Å². The largest absolute Gasteiger partial charge is 0.334 e. The molecule has 0 atom stereocenters. The lowest BCUT2D eigenvalue weighted by Crippen LogP contribution is -1.96. The molecule has 3 aromatic heterocycles. The van der Waals surface area contributed by atoms with Crippen LogP contribution in [0.1, 0.15) is 0 Å². The Balaban J connectivity index is 0.978. The molecule has 3 heterocycles. The van der Waals surface area contributed by atoms with Gasteiger partial charge in [-0.15, -0.1) is 0 Å². The third kappa shape index (κ3) is 5.64. The first-order chi connectivity index (χ1) is 31.2. The zero-order valence-corrected chi connectivity index (χ0v) is 34.0. The van der Waals surface area contributed by atoms with E-state index in [-0.39, 0.29) is 0 Å². The van der Waals surface area contributed by atoms with E-state index in [0.717, 1.165) is 33.5 Å². The van der Waals surface area contributed by atoms with E-state index in [1.165, 1.54) is 76.4 Å². The molecule has 0 saturated heterocycles. The van der Waals surface area contributed by atoms with Gasteiger partial charge in [0.25, 0.3) is 5.89 Å². The molecular formula is C58H36N4O. The number of rotatable bonds is 6. The van der Waals surface area contributed by atoms with Gasteiger partial charge in [-0.3, -0.25) is 0 Å². The summed E-state index contributed by atoms with van der Waals surface area (Å²) in [7, 11) is 0. The zero-order chi connectivity index (χ0) is 41.4. The summed E-state index contributed by atoms with van der Waals surface area (Å²) in [6.07, 6.45) is 0. The number of nitrogens with zero attached hydrogens (tertiary/aromatic N) is 4. The lowest BCUT2D eigenvalue weighted by atomic mass is 9.95. The van der Waals surface area contributed by atoms with Crippen molar-refractivity contribution in [3.63, 3.8) is 0 Å². The molecule has 0 aliphatic rings. The maximum atomic E-state index is 5.71. The number of aromatic nitrogens is 4. The van der Waals surface area contributed by atoms with Crippen molar-refractivity contribution in [1.82, 2.24) is 19.3 Å². The predicted octanol–water partition coefficient (Wildman–Crippen LogP) is 15.2. The third-order valence-corrected chi connectivity index (χ3v) is 12.7. The van der Waals surface area contributed by atoms with E-state index in [9.17, 15) is 0 Å². The first-order valence-corrected chi connectivity index (χ1v) is 21.3. The van der Waals surface area contributed by atoms with Gasteiger partial charge in [-0.25, -0.2) is 0 Å². The quantitative estimate of drug-likeness (QED) is 0.168. The van der Waals surface area contributed by atoms with Crippen LogP contribution >= 0.6 is 0 Å². The summed E-state index contributed by atoms with van der Waals surface area (Å²) in [6, 6.07) is 78.4. The molecule has 0 amide bonds. The predicted molar refractivity (Wildman–Crippen MR) is 260 cm³/mol. The van der Waals surface area contributed by atoms with Crippen LogP contribution in [-0.4, -0.2) is 19.3 Å². The van der Waals surface area contributed by atoms with Gasteiger partial charge >= 0.3 is 0 Å². The summed E-state index contributed by atoms with van der Waals surface area (Å²) in [5.41, 5.74) is 13.4. The molecule has 0 aliphatic heterocycles. The minimum atomic E-state index is 0.493. The molecule has 63 heavy (non-hydrogen) atoms. The second kappa shape index (κ2) is 14.0.